The highest BCUT2D eigenvalue weighted by atomic mass is 14.6. The number of rotatable bonds is 0. The highest BCUT2D eigenvalue weighted by Crippen LogP contribution is 1.89. The normalized spacial score (nSPS) is 7.88. The Hall–Kier alpha value is -1.36. The molecule has 0 atom stereocenters. The van der Waals surface area contributed by atoms with Crippen molar-refractivity contribution in [1.82, 2.24) is 4.98 Å². The van der Waals surface area contributed by atoms with Crippen LogP contribution in [0.15, 0.2) is 24.5 Å². The zero-order valence-corrected chi connectivity index (χ0v) is 4.20. The quantitative estimate of drug-likeness (QED) is 0.491. The second-order valence-corrected chi connectivity index (χ2v) is 1.35. The molecule has 8 heavy (non-hydrogen) atoms. The van der Waals surface area contributed by atoms with Gasteiger partial charge in [0.2, 0.25) is 0 Å². The smallest absolute Gasteiger partial charge is 0.101 e. The van der Waals surface area contributed by atoms with Crippen LogP contribution in [0.4, 0.5) is 0 Å². The first-order valence-electron chi connectivity index (χ1n) is 2.23. The van der Waals surface area contributed by atoms with Crippen molar-refractivity contribution in [2.45, 2.75) is 0 Å². The van der Waals surface area contributed by atoms with Crippen molar-refractivity contribution in [2.75, 3.05) is 0 Å². The van der Waals surface area contributed by atoms with Crippen LogP contribution in [0.2, 0.25) is 0 Å². The van der Waals surface area contributed by atoms with Gasteiger partial charge >= 0.3 is 0 Å². The number of hydrogen-bond donors (Lipinski definition) is 0. The summed E-state index contributed by atoms with van der Waals surface area (Å²) in [4.78, 5) is 3.73. The van der Waals surface area contributed by atoms with E-state index in [0.717, 1.165) is 0 Å². The van der Waals surface area contributed by atoms with Gasteiger partial charge in [-0.15, -0.1) is 0 Å². The zero-order valence-electron chi connectivity index (χ0n) is 4.20. The van der Waals surface area contributed by atoms with Crippen molar-refractivity contribution >= 4 is 0 Å². The Morgan fingerprint density at radius 1 is 1.62 bits per heavy atom. The molecule has 0 spiro atoms. The minimum Gasteiger partial charge on any atom is -0.263 e. The number of nitriles is 1. The maximum atomic E-state index is 8.25. The molecule has 0 aliphatic carbocycles. The number of nitrogens with zero attached hydrogens (tertiary/aromatic N) is 2. The predicted molar refractivity (Wildman–Crippen MR) is 29.0 cm³/mol. The fraction of sp³-hybridized carbons (Fsp3) is 0. The van der Waals surface area contributed by atoms with Gasteiger partial charge in [0.25, 0.3) is 0 Å². The summed E-state index contributed by atoms with van der Waals surface area (Å²) < 4.78 is 0. The van der Waals surface area contributed by atoms with Crippen LogP contribution in [0, 0.1) is 11.3 Å². The van der Waals surface area contributed by atoms with E-state index in [9.17, 15) is 0 Å². The van der Waals surface area contributed by atoms with Gasteiger partial charge in [-0.2, -0.15) is 5.26 Å². The van der Waals surface area contributed by atoms with E-state index in [-0.39, 0.29) is 0 Å². The van der Waals surface area contributed by atoms with Crippen LogP contribution >= 0.6 is 0 Å². The molecule has 0 fully saturated rings. The third-order valence-electron chi connectivity index (χ3n) is 0.791. The summed E-state index contributed by atoms with van der Waals surface area (Å²) in [6, 6.07) is 5.41. The number of hydrogen-bond acceptors (Lipinski definition) is 2. The van der Waals surface area contributed by atoms with Gasteiger partial charge in [0, 0.05) is 12.4 Å². The highest BCUT2D eigenvalue weighted by Gasteiger charge is 1.80. The largest absolute Gasteiger partial charge is 0.263 e. The van der Waals surface area contributed by atoms with Gasteiger partial charge in [-0.25, -0.2) is 0 Å². The maximum absolute atomic E-state index is 8.25. The van der Waals surface area contributed by atoms with Crippen molar-refractivity contribution in [3.63, 3.8) is 0 Å². The highest BCUT2D eigenvalue weighted by molar-refractivity contribution is 5.23. The average molecular weight is 104 g/mol. The monoisotopic (exact) mass is 104 g/mol. The van der Waals surface area contributed by atoms with E-state index < -0.39 is 0 Å². The molecule has 0 N–H and O–H groups in total. The molecule has 1 aromatic rings. The molecule has 2 nitrogen and oxygen atoms in total. The van der Waals surface area contributed by atoms with Crippen LogP contribution in [0.3, 0.4) is 0 Å². The first-order valence-corrected chi connectivity index (χ1v) is 2.23. The summed E-state index contributed by atoms with van der Waals surface area (Å²) in [5.41, 5.74) is 0.604. The van der Waals surface area contributed by atoms with E-state index in [0.29, 0.717) is 5.56 Å². The van der Waals surface area contributed by atoms with Gasteiger partial charge in [-0.3, -0.25) is 4.98 Å². The summed E-state index contributed by atoms with van der Waals surface area (Å²) in [5, 5.41) is 8.25. The van der Waals surface area contributed by atoms with Crippen LogP contribution < -0.4 is 0 Å². The molecule has 0 saturated heterocycles. The molecule has 0 aromatic carbocycles. The fourth-order valence-electron chi connectivity index (χ4n) is 0.429. The Labute approximate surface area is 47.4 Å². The maximum Gasteiger partial charge on any atom is 0.101 e. The van der Waals surface area contributed by atoms with Crippen LogP contribution in [0.1, 0.15) is 5.56 Å². The van der Waals surface area contributed by atoms with Crippen LogP contribution in [0.25, 0.3) is 0 Å². The molecule has 0 radical (unpaired) electrons. The summed E-state index contributed by atoms with van der Waals surface area (Å²) >= 11 is 0. The van der Waals surface area contributed by atoms with E-state index in [1.54, 1.807) is 18.3 Å². The predicted octanol–water partition coefficient (Wildman–Crippen LogP) is 0.953. The Bertz CT molecular complexity index is 198. The molecule has 0 amide bonds. The lowest BCUT2D eigenvalue weighted by molar-refractivity contribution is 1.30. The molecule has 0 unspecified atom stereocenters. The van der Waals surface area contributed by atoms with Gasteiger partial charge < -0.3 is 0 Å². The summed E-state index contributed by atoms with van der Waals surface area (Å²) in [7, 11) is 0. The third-order valence-corrected chi connectivity index (χ3v) is 0.791. The molecule has 1 aromatic heterocycles. The minimum absolute atomic E-state index is 0.604. The van der Waals surface area contributed by atoms with Gasteiger partial charge in [0.05, 0.1) is 5.56 Å². The van der Waals surface area contributed by atoms with Crippen molar-refractivity contribution in [3.05, 3.63) is 30.1 Å². The molecule has 0 aliphatic rings. The Morgan fingerprint density at radius 2 is 2.50 bits per heavy atom. The Kier molecular flexibility index (Phi) is 1.25. The van der Waals surface area contributed by atoms with Gasteiger partial charge in [0.15, 0.2) is 0 Å². The molecule has 2 heteroatoms. The van der Waals surface area contributed by atoms with Crippen molar-refractivity contribution in [2.24, 2.45) is 0 Å². The van der Waals surface area contributed by atoms with Gasteiger partial charge in [-0.05, 0) is 12.1 Å². The molecule has 0 saturated carbocycles. The lowest BCUT2D eigenvalue weighted by Gasteiger charge is -1.79. The third kappa shape index (κ3) is 0.824. The summed E-state index contributed by atoms with van der Waals surface area (Å²) in [5.74, 6) is 0. The van der Waals surface area contributed by atoms with E-state index in [1.807, 2.05) is 6.07 Å². The number of pyridine rings is 1. The Morgan fingerprint density at radius 3 is 2.88 bits per heavy atom. The SMILES string of the molecule is [14N]#Cc1cccnc1. The average Bonchev–Trinajstić information content (AvgIpc) is 1.90. The second kappa shape index (κ2) is 2.08. The van der Waals surface area contributed by atoms with Gasteiger partial charge in [0.1, 0.15) is 6.07 Å². The lowest BCUT2D eigenvalue weighted by atomic mass is 10.3. The molecule has 1 rings (SSSR count). The summed E-state index contributed by atoms with van der Waals surface area (Å²) in [6.07, 6.45) is 3.17. The zero-order chi connectivity index (χ0) is 5.82. The molecule has 1 heterocycles. The topological polar surface area (TPSA) is 36.7 Å². The first-order chi connectivity index (χ1) is 3.93. The molecular formula is C6H4N2. The van der Waals surface area contributed by atoms with E-state index in [1.165, 1.54) is 6.20 Å². The summed E-state index contributed by atoms with van der Waals surface area (Å²) in [6.45, 7) is 0. The lowest BCUT2D eigenvalue weighted by Crippen LogP contribution is -1.72. The van der Waals surface area contributed by atoms with Crippen LogP contribution in [-0.4, -0.2) is 4.98 Å². The van der Waals surface area contributed by atoms with Crippen molar-refractivity contribution < 1.29 is 0 Å². The minimum atomic E-state index is 0.604. The standard InChI is InChI=1S/C6H4N2/c7-4-6-2-1-3-8-5-6/h1-3,5H/i7+0. The number of aromatic nitrogens is 1. The van der Waals surface area contributed by atoms with Crippen LogP contribution in [0.5, 0.6) is 0 Å². The van der Waals surface area contributed by atoms with Crippen LogP contribution in [-0.2, 0) is 0 Å². The van der Waals surface area contributed by atoms with Gasteiger partial charge in [-0.1, -0.05) is 0 Å². The van der Waals surface area contributed by atoms with Crippen molar-refractivity contribution in [1.29, 1.82) is 5.26 Å². The Balaban J connectivity index is 3.05. The molecular weight excluding hydrogens is 100 g/mol. The van der Waals surface area contributed by atoms with Crippen molar-refractivity contribution in [3.8, 4) is 6.07 Å². The molecule has 38 valence electrons. The molecule has 0 aliphatic heterocycles. The first kappa shape index (κ1) is 4.79. The van der Waals surface area contributed by atoms with E-state index >= 15 is 0 Å². The second-order valence-electron chi connectivity index (χ2n) is 1.35. The van der Waals surface area contributed by atoms with E-state index in [4.69, 9.17) is 5.26 Å². The van der Waals surface area contributed by atoms with E-state index in [2.05, 4.69) is 4.98 Å². The fourth-order valence-corrected chi connectivity index (χ4v) is 0.429. The molecule has 0 bridgehead atoms.